The molecule has 31 heavy (non-hydrogen) atoms. The normalized spacial score (nSPS) is 26.6. The summed E-state index contributed by atoms with van der Waals surface area (Å²) in [5.74, 6) is 3.28. The molecular formula is C29H42N2. The number of aromatic nitrogens is 2. The predicted octanol–water partition coefficient (Wildman–Crippen LogP) is 8.68. The Kier molecular flexibility index (Phi) is 8.16. The predicted molar refractivity (Wildman–Crippen MR) is 131 cm³/mol. The first kappa shape index (κ1) is 22.5. The number of hydrogen-bond acceptors (Lipinski definition) is 2. The Bertz CT molecular complexity index is 763. The van der Waals surface area contributed by atoms with Crippen molar-refractivity contribution in [3.63, 3.8) is 0 Å². The van der Waals surface area contributed by atoms with E-state index in [2.05, 4.69) is 60.4 Å². The molecule has 1 heterocycles. The molecule has 2 aliphatic rings. The van der Waals surface area contributed by atoms with Crippen molar-refractivity contribution in [3.8, 4) is 11.3 Å². The van der Waals surface area contributed by atoms with Crippen molar-refractivity contribution in [3.05, 3.63) is 47.7 Å². The zero-order valence-electron chi connectivity index (χ0n) is 19.9. The molecule has 0 radical (unpaired) electrons. The first-order chi connectivity index (χ1) is 15.3. The van der Waals surface area contributed by atoms with Crippen LogP contribution in [0.15, 0.2) is 36.4 Å². The van der Waals surface area contributed by atoms with Gasteiger partial charge in [-0.1, -0.05) is 70.2 Å². The van der Waals surface area contributed by atoms with E-state index in [4.69, 9.17) is 0 Å². The van der Waals surface area contributed by atoms with E-state index in [0.717, 1.165) is 23.4 Å². The van der Waals surface area contributed by atoms with Gasteiger partial charge in [-0.3, -0.25) is 0 Å². The molecule has 0 unspecified atom stereocenters. The smallest absolute Gasteiger partial charge is 0.0929 e. The topological polar surface area (TPSA) is 25.8 Å². The Labute approximate surface area is 190 Å². The molecule has 2 fully saturated rings. The van der Waals surface area contributed by atoms with Crippen LogP contribution < -0.4 is 0 Å². The van der Waals surface area contributed by atoms with E-state index in [-0.39, 0.29) is 0 Å². The van der Waals surface area contributed by atoms with E-state index < -0.39 is 0 Å². The van der Waals surface area contributed by atoms with Gasteiger partial charge in [0.05, 0.1) is 11.4 Å². The molecule has 0 atom stereocenters. The second-order valence-electron chi connectivity index (χ2n) is 10.3. The fraction of sp³-hybridized carbons (Fsp3) is 0.655. The van der Waals surface area contributed by atoms with Crippen LogP contribution in [0.25, 0.3) is 11.3 Å². The van der Waals surface area contributed by atoms with Crippen LogP contribution in [0.5, 0.6) is 0 Å². The highest BCUT2D eigenvalue weighted by atomic mass is 15.1. The lowest BCUT2D eigenvalue weighted by molar-refractivity contribution is 0.303. The van der Waals surface area contributed by atoms with Gasteiger partial charge in [-0.15, -0.1) is 0 Å². The summed E-state index contributed by atoms with van der Waals surface area (Å²) in [5.41, 5.74) is 4.93. The summed E-state index contributed by atoms with van der Waals surface area (Å²) in [7, 11) is 0. The summed E-state index contributed by atoms with van der Waals surface area (Å²) in [5, 5.41) is 9.23. The zero-order chi connectivity index (χ0) is 21.5. The van der Waals surface area contributed by atoms with E-state index in [1.54, 1.807) is 0 Å². The number of hydrogen-bond donors (Lipinski definition) is 0. The van der Waals surface area contributed by atoms with Gasteiger partial charge in [0.15, 0.2) is 0 Å². The summed E-state index contributed by atoms with van der Waals surface area (Å²) in [6.07, 6.45) is 17.8. The van der Waals surface area contributed by atoms with Crippen molar-refractivity contribution in [2.24, 2.45) is 11.8 Å². The minimum absolute atomic E-state index is 0.615. The molecule has 2 nitrogen and oxygen atoms in total. The highest BCUT2D eigenvalue weighted by Gasteiger charge is 2.23. The first-order valence-electron chi connectivity index (χ1n) is 13.2. The van der Waals surface area contributed by atoms with E-state index in [0.29, 0.717) is 5.92 Å². The Morgan fingerprint density at radius 2 is 1.35 bits per heavy atom. The molecule has 0 saturated heterocycles. The molecule has 2 saturated carbocycles. The first-order valence-corrected chi connectivity index (χ1v) is 13.2. The Morgan fingerprint density at radius 1 is 0.677 bits per heavy atom. The average molecular weight is 419 g/mol. The zero-order valence-corrected chi connectivity index (χ0v) is 19.9. The molecule has 0 spiro atoms. The molecule has 4 rings (SSSR count). The van der Waals surface area contributed by atoms with Crippen molar-refractivity contribution < 1.29 is 0 Å². The van der Waals surface area contributed by atoms with Gasteiger partial charge >= 0.3 is 0 Å². The monoisotopic (exact) mass is 418 g/mol. The van der Waals surface area contributed by atoms with Crippen LogP contribution in [0, 0.1) is 11.8 Å². The number of nitrogens with zero attached hydrogens (tertiary/aromatic N) is 2. The maximum atomic E-state index is 4.63. The number of benzene rings is 1. The van der Waals surface area contributed by atoms with Gasteiger partial charge in [-0.25, -0.2) is 0 Å². The van der Waals surface area contributed by atoms with E-state index in [1.165, 1.54) is 100 Å². The lowest BCUT2D eigenvalue weighted by Crippen LogP contribution is -2.14. The van der Waals surface area contributed by atoms with Crippen LogP contribution in [-0.2, 0) is 0 Å². The molecular weight excluding hydrogens is 376 g/mol. The number of rotatable bonds is 8. The quantitative estimate of drug-likeness (QED) is 0.401. The standard InChI is InChI=1S/C29H42N2/c1-3-5-6-7-23-10-12-24(13-11-23)25-16-18-27(19-17-25)29-21-20-28(30-31-29)26-14-8-22(4-2)9-15-26/h16-24,26H,3-15H2,1-2H3/t22-,23-,24-,26-. The summed E-state index contributed by atoms with van der Waals surface area (Å²) in [4.78, 5) is 0. The Morgan fingerprint density at radius 3 is 1.97 bits per heavy atom. The maximum Gasteiger partial charge on any atom is 0.0929 e. The molecule has 2 aliphatic carbocycles. The Balaban J connectivity index is 1.30. The van der Waals surface area contributed by atoms with Gasteiger partial charge in [0.1, 0.15) is 0 Å². The maximum absolute atomic E-state index is 4.63. The molecule has 1 aromatic carbocycles. The lowest BCUT2D eigenvalue weighted by Gasteiger charge is -2.29. The fourth-order valence-electron chi connectivity index (χ4n) is 5.97. The highest BCUT2D eigenvalue weighted by molar-refractivity contribution is 5.59. The van der Waals surface area contributed by atoms with Crippen molar-refractivity contribution in [1.29, 1.82) is 0 Å². The van der Waals surface area contributed by atoms with E-state index >= 15 is 0 Å². The molecule has 0 N–H and O–H groups in total. The molecule has 2 heteroatoms. The summed E-state index contributed by atoms with van der Waals surface area (Å²) in [6.45, 7) is 4.63. The molecule has 168 valence electrons. The van der Waals surface area contributed by atoms with Crippen LogP contribution in [0.2, 0.25) is 0 Å². The minimum Gasteiger partial charge on any atom is -0.155 e. The van der Waals surface area contributed by atoms with Crippen molar-refractivity contribution >= 4 is 0 Å². The largest absolute Gasteiger partial charge is 0.155 e. The summed E-state index contributed by atoms with van der Waals surface area (Å²) in [6, 6.07) is 13.6. The van der Waals surface area contributed by atoms with Crippen molar-refractivity contribution in [1.82, 2.24) is 10.2 Å². The fourth-order valence-corrected chi connectivity index (χ4v) is 5.97. The van der Waals surface area contributed by atoms with Crippen LogP contribution in [-0.4, -0.2) is 10.2 Å². The average Bonchev–Trinajstić information content (AvgIpc) is 2.85. The lowest BCUT2D eigenvalue weighted by atomic mass is 9.77. The molecule has 0 aliphatic heterocycles. The van der Waals surface area contributed by atoms with Gasteiger partial charge in [0, 0.05) is 11.5 Å². The van der Waals surface area contributed by atoms with Crippen LogP contribution in [0.3, 0.4) is 0 Å². The number of unbranched alkanes of at least 4 members (excludes halogenated alkanes) is 2. The molecule has 2 aromatic rings. The van der Waals surface area contributed by atoms with E-state index in [1.807, 2.05) is 0 Å². The molecule has 1 aromatic heterocycles. The summed E-state index contributed by atoms with van der Waals surface area (Å²) >= 11 is 0. The second-order valence-corrected chi connectivity index (χ2v) is 10.3. The van der Waals surface area contributed by atoms with Crippen molar-refractivity contribution in [2.45, 2.75) is 109 Å². The minimum atomic E-state index is 0.615. The van der Waals surface area contributed by atoms with Gasteiger partial charge in [-0.05, 0) is 86.8 Å². The highest BCUT2D eigenvalue weighted by Crippen LogP contribution is 2.39. The van der Waals surface area contributed by atoms with Crippen molar-refractivity contribution in [2.75, 3.05) is 0 Å². The van der Waals surface area contributed by atoms with Crippen LogP contribution in [0.4, 0.5) is 0 Å². The molecule has 0 amide bonds. The molecule has 0 bridgehead atoms. The summed E-state index contributed by atoms with van der Waals surface area (Å²) < 4.78 is 0. The van der Waals surface area contributed by atoms with Crippen LogP contribution >= 0.6 is 0 Å². The third-order valence-corrected chi connectivity index (χ3v) is 8.27. The Hall–Kier alpha value is -1.70. The second kappa shape index (κ2) is 11.2. The van der Waals surface area contributed by atoms with Gasteiger partial charge in [-0.2, -0.15) is 10.2 Å². The third kappa shape index (κ3) is 5.96. The van der Waals surface area contributed by atoms with E-state index in [9.17, 15) is 0 Å². The van der Waals surface area contributed by atoms with Crippen LogP contribution in [0.1, 0.15) is 120 Å². The van der Waals surface area contributed by atoms with Gasteiger partial charge in [0.25, 0.3) is 0 Å². The van der Waals surface area contributed by atoms with Gasteiger partial charge < -0.3 is 0 Å². The SMILES string of the molecule is CCCCC[C@H]1CC[C@H](c2ccc(-c3ccc([C@H]4CC[C@H](CC)CC4)nn3)cc2)CC1. The third-order valence-electron chi connectivity index (χ3n) is 8.27. The van der Waals surface area contributed by atoms with Gasteiger partial charge in [0.2, 0.25) is 0 Å².